The number of imide groups is 1. The smallest absolute Gasteiger partial charge is 0.261 e. The van der Waals surface area contributed by atoms with E-state index in [0.717, 1.165) is 25.9 Å². The van der Waals surface area contributed by atoms with Gasteiger partial charge in [0, 0.05) is 39.0 Å². The maximum atomic E-state index is 12.2. The van der Waals surface area contributed by atoms with Crippen LogP contribution in [0.4, 0.5) is 0 Å². The third-order valence-electron chi connectivity index (χ3n) is 4.78. The minimum atomic E-state index is -0.304. The van der Waals surface area contributed by atoms with Gasteiger partial charge in [0.15, 0.2) is 0 Å². The molecule has 4 amide bonds. The second kappa shape index (κ2) is 8.12. The molecule has 0 saturated carbocycles. The number of fused-ring (bicyclic) bond motifs is 1. The van der Waals surface area contributed by atoms with Gasteiger partial charge in [0.05, 0.1) is 11.1 Å². The number of likely N-dealkylation sites (tertiary alicyclic amines) is 1. The quantitative estimate of drug-likeness (QED) is 0.743. The van der Waals surface area contributed by atoms with Crippen molar-refractivity contribution in [2.45, 2.75) is 32.1 Å². The standard InChI is InChI=1S/C19H23N3O4/c23-16(20-10-9-17(24)21-11-3-4-12-21)8-5-13-22-18(25)14-6-1-2-7-15(14)19(22)26/h1-2,6-7H,3-5,8-13H2,(H,20,23). The number of benzene rings is 1. The molecule has 138 valence electrons. The van der Waals surface area contributed by atoms with Gasteiger partial charge in [-0.3, -0.25) is 24.1 Å². The van der Waals surface area contributed by atoms with Crippen molar-refractivity contribution in [2.75, 3.05) is 26.2 Å². The first-order valence-electron chi connectivity index (χ1n) is 9.07. The van der Waals surface area contributed by atoms with Crippen LogP contribution in [0, 0.1) is 0 Å². The van der Waals surface area contributed by atoms with Gasteiger partial charge >= 0.3 is 0 Å². The molecule has 2 aliphatic heterocycles. The topological polar surface area (TPSA) is 86.8 Å². The molecule has 0 bridgehead atoms. The molecule has 0 spiro atoms. The lowest BCUT2D eigenvalue weighted by molar-refractivity contribution is -0.130. The van der Waals surface area contributed by atoms with Crippen molar-refractivity contribution in [3.8, 4) is 0 Å². The highest BCUT2D eigenvalue weighted by molar-refractivity contribution is 6.21. The van der Waals surface area contributed by atoms with Gasteiger partial charge in [0.1, 0.15) is 0 Å². The van der Waals surface area contributed by atoms with Gasteiger partial charge in [0.25, 0.3) is 11.8 Å². The number of carbonyl (C=O) groups excluding carboxylic acids is 4. The highest BCUT2D eigenvalue weighted by Crippen LogP contribution is 2.22. The van der Waals surface area contributed by atoms with Crippen LogP contribution in [0.2, 0.25) is 0 Å². The minimum Gasteiger partial charge on any atom is -0.356 e. The molecule has 7 heteroatoms. The first kappa shape index (κ1) is 18.1. The largest absolute Gasteiger partial charge is 0.356 e. The molecule has 7 nitrogen and oxygen atoms in total. The van der Waals surface area contributed by atoms with E-state index < -0.39 is 0 Å². The van der Waals surface area contributed by atoms with E-state index in [9.17, 15) is 19.2 Å². The monoisotopic (exact) mass is 357 g/mol. The van der Waals surface area contributed by atoms with E-state index in [4.69, 9.17) is 0 Å². The summed E-state index contributed by atoms with van der Waals surface area (Å²) in [6, 6.07) is 6.73. The van der Waals surface area contributed by atoms with Crippen LogP contribution in [-0.4, -0.2) is 59.6 Å². The number of carbonyl (C=O) groups is 4. The molecule has 26 heavy (non-hydrogen) atoms. The van der Waals surface area contributed by atoms with E-state index in [2.05, 4.69) is 5.32 Å². The fourth-order valence-corrected chi connectivity index (χ4v) is 3.36. The average Bonchev–Trinajstić information content (AvgIpc) is 3.25. The second-order valence-electron chi connectivity index (χ2n) is 6.60. The van der Waals surface area contributed by atoms with Crippen LogP contribution in [-0.2, 0) is 9.59 Å². The Morgan fingerprint density at radius 3 is 2.19 bits per heavy atom. The second-order valence-corrected chi connectivity index (χ2v) is 6.60. The molecule has 2 aliphatic rings. The molecule has 3 rings (SSSR count). The number of nitrogens with zero attached hydrogens (tertiary/aromatic N) is 2. The third kappa shape index (κ3) is 3.92. The molecule has 0 aromatic heterocycles. The maximum Gasteiger partial charge on any atom is 0.261 e. The number of rotatable bonds is 7. The van der Waals surface area contributed by atoms with Crippen LogP contribution in [0.1, 0.15) is 52.8 Å². The molecule has 0 aliphatic carbocycles. The first-order valence-corrected chi connectivity index (χ1v) is 9.07. The molecule has 1 N–H and O–H groups in total. The average molecular weight is 357 g/mol. The van der Waals surface area contributed by atoms with E-state index in [-0.39, 0.29) is 36.6 Å². The summed E-state index contributed by atoms with van der Waals surface area (Å²) in [5.41, 5.74) is 0.838. The van der Waals surface area contributed by atoms with Gasteiger partial charge in [-0.15, -0.1) is 0 Å². The SMILES string of the molecule is O=C(CCCN1C(=O)c2ccccc2C1=O)NCCC(=O)N1CCCC1. The van der Waals surface area contributed by atoms with Crippen LogP contribution in [0.25, 0.3) is 0 Å². The van der Waals surface area contributed by atoms with Crippen molar-refractivity contribution in [3.05, 3.63) is 35.4 Å². The third-order valence-corrected chi connectivity index (χ3v) is 4.78. The number of hydrogen-bond acceptors (Lipinski definition) is 4. The van der Waals surface area contributed by atoms with Gasteiger partial charge in [-0.2, -0.15) is 0 Å². The summed E-state index contributed by atoms with van der Waals surface area (Å²) in [5, 5.41) is 2.73. The fourth-order valence-electron chi connectivity index (χ4n) is 3.36. The number of nitrogens with one attached hydrogen (secondary N) is 1. The zero-order chi connectivity index (χ0) is 18.5. The highest BCUT2D eigenvalue weighted by Gasteiger charge is 2.34. The van der Waals surface area contributed by atoms with Crippen LogP contribution >= 0.6 is 0 Å². The fraction of sp³-hybridized carbons (Fsp3) is 0.474. The number of amides is 4. The molecule has 0 unspecified atom stereocenters. The molecule has 1 fully saturated rings. The summed E-state index contributed by atoms with van der Waals surface area (Å²) in [6.07, 6.45) is 3.03. The Morgan fingerprint density at radius 2 is 1.58 bits per heavy atom. The van der Waals surface area contributed by atoms with E-state index in [1.165, 1.54) is 4.90 Å². The van der Waals surface area contributed by atoms with Gasteiger partial charge in [0.2, 0.25) is 11.8 Å². The van der Waals surface area contributed by atoms with Crippen molar-refractivity contribution in [2.24, 2.45) is 0 Å². The maximum absolute atomic E-state index is 12.2. The van der Waals surface area contributed by atoms with E-state index in [1.807, 2.05) is 4.90 Å². The Kier molecular flexibility index (Phi) is 5.65. The summed E-state index contributed by atoms with van der Waals surface area (Å²) in [4.78, 5) is 51.2. The Bertz CT molecular complexity index is 690. The van der Waals surface area contributed by atoms with Crippen molar-refractivity contribution < 1.29 is 19.2 Å². The van der Waals surface area contributed by atoms with Gasteiger partial charge in [-0.1, -0.05) is 12.1 Å². The van der Waals surface area contributed by atoms with Crippen molar-refractivity contribution in [3.63, 3.8) is 0 Å². The Hall–Kier alpha value is -2.70. The molecule has 0 atom stereocenters. The Balaban J connectivity index is 1.36. The Labute approximate surface area is 152 Å². The zero-order valence-corrected chi connectivity index (χ0v) is 14.7. The minimum absolute atomic E-state index is 0.0776. The Morgan fingerprint density at radius 1 is 0.962 bits per heavy atom. The van der Waals surface area contributed by atoms with E-state index >= 15 is 0 Å². The van der Waals surface area contributed by atoms with E-state index in [1.54, 1.807) is 24.3 Å². The summed E-state index contributed by atoms with van der Waals surface area (Å²) in [7, 11) is 0. The van der Waals surface area contributed by atoms with Crippen molar-refractivity contribution in [1.29, 1.82) is 0 Å². The molecule has 1 saturated heterocycles. The van der Waals surface area contributed by atoms with E-state index in [0.29, 0.717) is 30.5 Å². The van der Waals surface area contributed by atoms with Crippen LogP contribution in [0.15, 0.2) is 24.3 Å². The molecule has 1 aromatic rings. The molecule has 1 aromatic carbocycles. The summed E-state index contributed by atoms with van der Waals surface area (Å²) >= 11 is 0. The summed E-state index contributed by atoms with van der Waals surface area (Å²) in [5.74, 6) is -0.700. The normalized spacial score (nSPS) is 16.2. The van der Waals surface area contributed by atoms with Crippen LogP contribution in [0.3, 0.4) is 0 Å². The van der Waals surface area contributed by atoms with Crippen molar-refractivity contribution >= 4 is 23.6 Å². The van der Waals surface area contributed by atoms with Gasteiger partial charge in [-0.05, 0) is 31.4 Å². The zero-order valence-electron chi connectivity index (χ0n) is 14.7. The van der Waals surface area contributed by atoms with Gasteiger partial charge in [-0.25, -0.2) is 0 Å². The lowest BCUT2D eigenvalue weighted by Gasteiger charge is -2.15. The summed E-state index contributed by atoms with van der Waals surface area (Å²) < 4.78 is 0. The predicted octanol–water partition coefficient (Wildman–Crippen LogP) is 1.19. The van der Waals surface area contributed by atoms with Gasteiger partial charge < -0.3 is 10.2 Å². The van der Waals surface area contributed by atoms with Crippen LogP contribution < -0.4 is 5.32 Å². The molecule has 2 heterocycles. The van der Waals surface area contributed by atoms with Crippen molar-refractivity contribution in [1.82, 2.24) is 15.1 Å². The molecular weight excluding hydrogens is 334 g/mol. The number of hydrogen-bond donors (Lipinski definition) is 1. The molecule has 0 radical (unpaired) electrons. The predicted molar refractivity (Wildman–Crippen MR) is 94.5 cm³/mol. The highest BCUT2D eigenvalue weighted by atomic mass is 16.2. The molecular formula is C19H23N3O4. The lowest BCUT2D eigenvalue weighted by Crippen LogP contribution is -2.34. The lowest BCUT2D eigenvalue weighted by atomic mass is 10.1. The summed E-state index contributed by atoms with van der Waals surface area (Å²) in [6.45, 7) is 2.16. The van der Waals surface area contributed by atoms with Crippen LogP contribution in [0.5, 0.6) is 0 Å². The first-order chi connectivity index (χ1) is 12.6.